The van der Waals surface area contributed by atoms with E-state index >= 15 is 0 Å². The molecule has 20 heavy (non-hydrogen) atoms. The van der Waals surface area contributed by atoms with Gasteiger partial charge in [-0.1, -0.05) is 6.07 Å². The third-order valence-electron chi connectivity index (χ3n) is 3.58. The van der Waals surface area contributed by atoms with Gasteiger partial charge in [0.2, 0.25) is 0 Å². The van der Waals surface area contributed by atoms with Crippen molar-refractivity contribution in [3.63, 3.8) is 0 Å². The fourth-order valence-corrected chi connectivity index (χ4v) is 3.46. The van der Waals surface area contributed by atoms with E-state index in [9.17, 15) is 0 Å². The number of imidazole rings is 1. The number of aromatic nitrogens is 2. The molecule has 0 bridgehead atoms. The van der Waals surface area contributed by atoms with E-state index in [2.05, 4.69) is 47.4 Å². The summed E-state index contributed by atoms with van der Waals surface area (Å²) in [5.41, 5.74) is 6.08. The zero-order valence-corrected chi connectivity index (χ0v) is 13.4. The standard InChI is InChI=1S/C16H17ClN2S/c1-10-4-5-15-14(6-10)18-16(12(3)17)19(15)7-13-9-20-8-11(13)2/h4-6,8-9,12H,7H2,1-3H3. The van der Waals surface area contributed by atoms with Crippen LogP contribution >= 0.6 is 22.9 Å². The molecule has 3 rings (SSSR count). The molecule has 0 fully saturated rings. The first-order chi connectivity index (χ1) is 9.56. The van der Waals surface area contributed by atoms with E-state index in [-0.39, 0.29) is 5.38 Å². The molecule has 0 aliphatic rings. The first kappa shape index (κ1) is 13.7. The Morgan fingerprint density at radius 1 is 1.30 bits per heavy atom. The van der Waals surface area contributed by atoms with Gasteiger partial charge in [-0.25, -0.2) is 4.98 Å². The molecular formula is C16H17ClN2S. The van der Waals surface area contributed by atoms with E-state index in [0.717, 1.165) is 23.4 Å². The third-order valence-corrected chi connectivity index (χ3v) is 4.68. The number of rotatable bonds is 3. The van der Waals surface area contributed by atoms with Gasteiger partial charge in [0.05, 0.1) is 23.0 Å². The van der Waals surface area contributed by atoms with Gasteiger partial charge in [0, 0.05) is 0 Å². The highest BCUT2D eigenvalue weighted by Gasteiger charge is 2.16. The second-order valence-corrected chi connectivity index (χ2v) is 6.64. The largest absolute Gasteiger partial charge is 0.322 e. The van der Waals surface area contributed by atoms with Crippen molar-refractivity contribution in [1.82, 2.24) is 9.55 Å². The van der Waals surface area contributed by atoms with E-state index in [0.29, 0.717) is 0 Å². The van der Waals surface area contributed by atoms with Gasteiger partial charge in [-0.3, -0.25) is 0 Å². The summed E-state index contributed by atoms with van der Waals surface area (Å²) < 4.78 is 2.24. The molecule has 0 spiro atoms. The highest BCUT2D eigenvalue weighted by molar-refractivity contribution is 7.08. The van der Waals surface area contributed by atoms with Gasteiger partial charge in [0.1, 0.15) is 5.82 Å². The Morgan fingerprint density at radius 2 is 2.10 bits per heavy atom. The molecule has 0 saturated heterocycles. The quantitative estimate of drug-likeness (QED) is 0.618. The van der Waals surface area contributed by atoms with Crippen molar-refractivity contribution in [2.75, 3.05) is 0 Å². The zero-order valence-electron chi connectivity index (χ0n) is 11.9. The fraction of sp³-hybridized carbons (Fsp3) is 0.312. The number of halogens is 1. The first-order valence-corrected chi connectivity index (χ1v) is 8.06. The lowest BCUT2D eigenvalue weighted by molar-refractivity contribution is 0.741. The molecule has 1 aromatic carbocycles. The van der Waals surface area contributed by atoms with E-state index in [1.165, 1.54) is 16.7 Å². The number of hydrogen-bond donors (Lipinski definition) is 0. The lowest BCUT2D eigenvalue weighted by Crippen LogP contribution is -2.05. The van der Waals surface area contributed by atoms with Crippen molar-refractivity contribution in [1.29, 1.82) is 0 Å². The highest BCUT2D eigenvalue weighted by atomic mass is 35.5. The maximum Gasteiger partial charge on any atom is 0.128 e. The molecule has 1 atom stereocenters. The molecule has 3 aromatic rings. The van der Waals surface area contributed by atoms with Crippen LogP contribution < -0.4 is 0 Å². The normalized spacial score (nSPS) is 13.0. The minimum atomic E-state index is -0.0957. The van der Waals surface area contributed by atoms with Crippen LogP contribution in [-0.4, -0.2) is 9.55 Å². The number of aryl methyl sites for hydroxylation is 2. The van der Waals surface area contributed by atoms with Gasteiger partial charge >= 0.3 is 0 Å². The zero-order chi connectivity index (χ0) is 14.3. The minimum Gasteiger partial charge on any atom is -0.322 e. The average Bonchev–Trinajstić information content (AvgIpc) is 2.95. The van der Waals surface area contributed by atoms with Crippen LogP contribution in [0.25, 0.3) is 11.0 Å². The smallest absolute Gasteiger partial charge is 0.128 e. The predicted molar refractivity (Wildman–Crippen MR) is 86.9 cm³/mol. The lowest BCUT2D eigenvalue weighted by atomic mass is 10.2. The second kappa shape index (κ2) is 5.23. The van der Waals surface area contributed by atoms with Gasteiger partial charge in [-0.15, -0.1) is 11.6 Å². The summed E-state index contributed by atoms with van der Waals surface area (Å²) in [6.45, 7) is 7.05. The van der Waals surface area contributed by atoms with Crippen LogP contribution in [0.15, 0.2) is 29.0 Å². The number of benzene rings is 1. The number of nitrogens with zero attached hydrogens (tertiary/aromatic N) is 2. The van der Waals surface area contributed by atoms with Gasteiger partial charge in [0.25, 0.3) is 0 Å². The predicted octanol–water partition coefficient (Wildman–Crippen LogP) is 5.06. The Kier molecular flexibility index (Phi) is 3.57. The van der Waals surface area contributed by atoms with Gasteiger partial charge in [-0.2, -0.15) is 11.3 Å². The molecule has 4 heteroatoms. The lowest BCUT2D eigenvalue weighted by Gasteiger charge is -2.10. The van der Waals surface area contributed by atoms with Crippen LogP contribution in [0.2, 0.25) is 0 Å². The van der Waals surface area contributed by atoms with E-state index in [1.54, 1.807) is 11.3 Å². The van der Waals surface area contributed by atoms with E-state index in [4.69, 9.17) is 16.6 Å². The van der Waals surface area contributed by atoms with Crippen LogP contribution in [-0.2, 0) is 6.54 Å². The monoisotopic (exact) mass is 304 g/mol. The van der Waals surface area contributed by atoms with E-state index in [1.807, 2.05) is 6.92 Å². The molecule has 0 radical (unpaired) electrons. The fourth-order valence-electron chi connectivity index (χ4n) is 2.45. The Morgan fingerprint density at radius 3 is 2.75 bits per heavy atom. The number of thiophene rings is 1. The maximum atomic E-state index is 6.32. The van der Waals surface area contributed by atoms with Crippen molar-refractivity contribution in [3.05, 3.63) is 51.5 Å². The summed E-state index contributed by atoms with van der Waals surface area (Å²) in [5.74, 6) is 0.942. The summed E-state index contributed by atoms with van der Waals surface area (Å²) in [6.07, 6.45) is 0. The van der Waals surface area contributed by atoms with Crippen LogP contribution in [0.4, 0.5) is 0 Å². The molecule has 0 aliphatic carbocycles. The Hall–Kier alpha value is -1.32. The van der Waals surface area contributed by atoms with Crippen molar-refractivity contribution in [3.8, 4) is 0 Å². The summed E-state index contributed by atoms with van der Waals surface area (Å²) >= 11 is 8.06. The third kappa shape index (κ3) is 2.36. The summed E-state index contributed by atoms with van der Waals surface area (Å²) in [7, 11) is 0. The molecule has 2 heterocycles. The Labute approximate surface area is 128 Å². The van der Waals surface area contributed by atoms with Crippen LogP contribution in [0.3, 0.4) is 0 Å². The van der Waals surface area contributed by atoms with Crippen molar-refractivity contribution in [2.45, 2.75) is 32.7 Å². The first-order valence-electron chi connectivity index (χ1n) is 6.69. The van der Waals surface area contributed by atoms with Crippen LogP contribution in [0.1, 0.15) is 34.8 Å². The average molecular weight is 305 g/mol. The van der Waals surface area contributed by atoms with Gasteiger partial charge < -0.3 is 4.57 Å². The van der Waals surface area contributed by atoms with Crippen molar-refractivity contribution in [2.24, 2.45) is 0 Å². The summed E-state index contributed by atoms with van der Waals surface area (Å²) in [4.78, 5) is 4.72. The molecule has 2 aromatic heterocycles. The topological polar surface area (TPSA) is 17.8 Å². The molecular weight excluding hydrogens is 288 g/mol. The maximum absolute atomic E-state index is 6.32. The summed E-state index contributed by atoms with van der Waals surface area (Å²) in [6, 6.07) is 6.39. The molecule has 0 N–H and O–H groups in total. The van der Waals surface area contributed by atoms with E-state index < -0.39 is 0 Å². The number of hydrogen-bond acceptors (Lipinski definition) is 2. The van der Waals surface area contributed by atoms with Gasteiger partial charge in [-0.05, 0) is 60.4 Å². The number of fused-ring (bicyclic) bond motifs is 1. The molecule has 0 amide bonds. The summed E-state index contributed by atoms with van der Waals surface area (Å²) in [5, 5.41) is 4.29. The molecule has 1 unspecified atom stereocenters. The molecule has 2 nitrogen and oxygen atoms in total. The second-order valence-electron chi connectivity index (χ2n) is 5.24. The Balaban J connectivity index is 2.16. The highest BCUT2D eigenvalue weighted by Crippen LogP contribution is 2.27. The number of alkyl halides is 1. The van der Waals surface area contributed by atoms with Gasteiger partial charge in [0.15, 0.2) is 0 Å². The molecule has 0 saturated carbocycles. The van der Waals surface area contributed by atoms with Crippen molar-refractivity contribution < 1.29 is 0 Å². The minimum absolute atomic E-state index is 0.0957. The molecule has 0 aliphatic heterocycles. The van der Waals surface area contributed by atoms with Crippen molar-refractivity contribution >= 4 is 34.0 Å². The van der Waals surface area contributed by atoms with Crippen LogP contribution in [0.5, 0.6) is 0 Å². The SMILES string of the molecule is Cc1ccc2c(c1)nc(C(C)Cl)n2Cc1cscc1C. The van der Waals surface area contributed by atoms with Crippen LogP contribution in [0, 0.1) is 13.8 Å². The Bertz CT molecular complexity index is 755. The molecule has 104 valence electrons.